The van der Waals surface area contributed by atoms with Gasteiger partial charge in [-0.3, -0.25) is 9.69 Å². The van der Waals surface area contributed by atoms with Gasteiger partial charge < -0.3 is 9.72 Å². The molecule has 2 saturated heterocycles. The van der Waals surface area contributed by atoms with Crippen molar-refractivity contribution in [1.29, 1.82) is 0 Å². The largest absolute Gasteiger partial charge is 0.376 e. The molecule has 3 aromatic rings. The van der Waals surface area contributed by atoms with Crippen molar-refractivity contribution in [3.8, 4) is 0 Å². The summed E-state index contributed by atoms with van der Waals surface area (Å²) in [6, 6.07) is 5.95. The van der Waals surface area contributed by atoms with Gasteiger partial charge in [0.1, 0.15) is 6.04 Å². The molecular weight excluding hydrogens is 404 g/mol. The van der Waals surface area contributed by atoms with Crippen LogP contribution in [0.4, 0.5) is 0 Å². The fourth-order valence-corrected chi connectivity index (χ4v) is 5.22. The summed E-state index contributed by atoms with van der Waals surface area (Å²) in [6.45, 7) is 9.64. The van der Waals surface area contributed by atoms with E-state index in [1.807, 2.05) is 10.7 Å². The fourth-order valence-electron chi connectivity index (χ4n) is 5.22. The molecule has 0 aliphatic carbocycles. The van der Waals surface area contributed by atoms with Crippen molar-refractivity contribution < 1.29 is 4.74 Å². The molecule has 3 atom stereocenters. The average Bonchev–Trinajstić information content (AvgIpc) is 3.45. The van der Waals surface area contributed by atoms with Crippen LogP contribution >= 0.6 is 0 Å². The zero-order valence-corrected chi connectivity index (χ0v) is 19.2. The third kappa shape index (κ3) is 3.97. The third-order valence-electron chi connectivity index (χ3n) is 7.13. The van der Waals surface area contributed by atoms with Crippen molar-refractivity contribution in [2.24, 2.45) is 5.92 Å². The maximum absolute atomic E-state index is 13.4. The van der Waals surface area contributed by atoms with Gasteiger partial charge in [0.15, 0.2) is 5.82 Å². The van der Waals surface area contributed by atoms with E-state index in [-0.39, 0.29) is 17.7 Å². The molecule has 1 N–H and O–H groups in total. The highest BCUT2D eigenvalue weighted by molar-refractivity contribution is 5.83. The summed E-state index contributed by atoms with van der Waals surface area (Å²) in [6.07, 6.45) is 4.52. The number of rotatable bonds is 5. The molecular formula is C24H32N6O2. The average molecular weight is 437 g/mol. The highest BCUT2D eigenvalue weighted by Gasteiger charge is 2.33. The Hall–Kier alpha value is -2.58. The number of hydrogen-bond acceptors (Lipinski definition) is 6. The number of tetrazole rings is 1. The molecule has 8 heteroatoms. The predicted molar refractivity (Wildman–Crippen MR) is 123 cm³/mol. The molecule has 2 fully saturated rings. The van der Waals surface area contributed by atoms with E-state index in [9.17, 15) is 4.79 Å². The molecule has 0 amide bonds. The van der Waals surface area contributed by atoms with E-state index >= 15 is 0 Å². The molecule has 0 radical (unpaired) electrons. The minimum atomic E-state index is -0.288. The Balaban J connectivity index is 1.62. The summed E-state index contributed by atoms with van der Waals surface area (Å²) < 4.78 is 7.69. The van der Waals surface area contributed by atoms with E-state index in [2.05, 4.69) is 58.3 Å². The lowest BCUT2D eigenvalue weighted by molar-refractivity contribution is 0.0889. The number of nitrogens with one attached hydrogen (secondary N) is 1. The molecule has 0 spiro atoms. The van der Waals surface area contributed by atoms with Gasteiger partial charge in [-0.2, -0.15) is 0 Å². The summed E-state index contributed by atoms with van der Waals surface area (Å²) in [5.41, 5.74) is 3.82. The number of nitrogens with zero attached hydrogens (tertiary/aromatic N) is 5. The number of piperidine rings is 1. The molecule has 2 aliphatic heterocycles. The number of aromatic amines is 1. The first-order valence-corrected chi connectivity index (χ1v) is 11.8. The smallest absolute Gasteiger partial charge is 0.253 e. The Bertz CT molecular complexity index is 1160. The predicted octanol–water partition coefficient (Wildman–Crippen LogP) is 3.13. The second-order valence-corrected chi connectivity index (χ2v) is 9.52. The molecule has 0 bridgehead atoms. The number of likely N-dealkylation sites (tertiary alicyclic amines) is 1. The zero-order chi connectivity index (χ0) is 22.2. The van der Waals surface area contributed by atoms with Crippen molar-refractivity contribution in [2.75, 3.05) is 19.7 Å². The van der Waals surface area contributed by atoms with E-state index in [4.69, 9.17) is 4.74 Å². The summed E-state index contributed by atoms with van der Waals surface area (Å²) >= 11 is 0. The Kier molecular flexibility index (Phi) is 5.82. The molecule has 32 heavy (non-hydrogen) atoms. The van der Waals surface area contributed by atoms with E-state index in [1.165, 1.54) is 12.0 Å². The summed E-state index contributed by atoms with van der Waals surface area (Å²) in [5, 5.41) is 13.8. The number of aromatic nitrogens is 5. The van der Waals surface area contributed by atoms with Gasteiger partial charge in [0.2, 0.25) is 0 Å². The molecule has 0 unspecified atom stereocenters. The molecule has 4 heterocycles. The van der Waals surface area contributed by atoms with Gasteiger partial charge in [-0.15, -0.1) is 5.10 Å². The lowest BCUT2D eigenvalue weighted by Crippen LogP contribution is -2.41. The van der Waals surface area contributed by atoms with Gasteiger partial charge in [-0.05, 0) is 85.0 Å². The topological polar surface area (TPSA) is 88.9 Å². The zero-order valence-electron chi connectivity index (χ0n) is 19.2. The van der Waals surface area contributed by atoms with Crippen molar-refractivity contribution in [1.82, 2.24) is 30.1 Å². The normalized spacial score (nSPS) is 23.1. The molecule has 5 rings (SSSR count). The summed E-state index contributed by atoms with van der Waals surface area (Å²) in [7, 11) is 0. The fraction of sp³-hybridized carbons (Fsp3) is 0.583. The highest BCUT2D eigenvalue weighted by atomic mass is 16.5. The summed E-state index contributed by atoms with van der Waals surface area (Å²) in [5.74, 6) is 1.29. The van der Waals surface area contributed by atoms with E-state index in [0.717, 1.165) is 61.2 Å². The summed E-state index contributed by atoms with van der Waals surface area (Å²) in [4.78, 5) is 19.0. The van der Waals surface area contributed by atoms with Gasteiger partial charge >= 0.3 is 0 Å². The Morgan fingerprint density at radius 1 is 1.25 bits per heavy atom. The number of benzene rings is 1. The molecule has 2 aliphatic rings. The van der Waals surface area contributed by atoms with E-state index in [1.54, 1.807) is 0 Å². The van der Waals surface area contributed by atoms with Crippen LogP contribution in [0.3, 0.4) is 0 Å². The molecule has 0 saturated carbocycles. The number of fused-ring (bicyclic) bond motifs is 1. The van der Waals surface area contributed by atoms with Crippen LogP contribution in [0.25, 0.3) is 10.9 Å². The highest BCUT2D eigenvalue weighted by Crippen LogP contribution is 2.32. The molecule has 8 nitrogen and oxygen atoms in total. The number of pyridine rings is 1. The standard InChI is InChI=1S/C24H32N6O2/c1-15-6-4-10-29(13-15)22(23-26-27-28-30(23)14-19-7-5-11-32-19)20-12-18-9-8-16(2)17(3)21(18)25-24(20)31/h8-9,12,15,19,22H,4-7,10-11,13-14H2,1-3H3,(H,25,31)/t15-,19+,22+/m0/s1. The number of aryl methyl sites for hydroxylation is 2. The lowest BCUT2D eigenvalue weighted by atomic mass is 9.95. The van der Waals surface area contributed by atoms with Crippen molar-refractivity contribution in [3.63, 3.8) is 0 Å². The van der Waals surface area contributed by atoms with Crippen LogP contribution in [0.2, 0.25) is 0 Å². The van der Waals surface area contributed by atoms with Crippen LogP contribution in [0.5, 0.6) is 0 Å². The first-order chi connectivity index (χ1) is 15.5. The SMILES string of the molecule is Cc1ccc2cc([C@H](c3nnnn3C[C@H]3CCCO3)N3CCC[C@H](C)C3)c(=O)[nH]c2c1C. The number of H-pyrrole nitrogens is 1. The second kappa shape index (κ2) is 8.75. The van der Waals surface area contributed by atoms with Gasteiger partial charge in [0.05, 0.1) is 18.2 Å². The first kappa shape index (κ1) is 21.3. The maximum Gasteiger partial charge on any atom is 0.253 e. The van der Waals surface area contributed by atoms with Crippen molar-refractivity contribution >= 4 is 10.9 Å². The van der Waals surface area contributed by atoms with Crippen molar-refractivity contribution in [2.45, 2.75) is 65.1 Å². The van der Waals surface area contributed by atoms with Crippen LogP contribution < -0.4 is 5.56 Å². The van der Waals surface area contributed by atoms with Crippen LogP contribution in [0.1, 0.15) is 61.2 Å². The van der Waals surface area contributed by atoms with Crippen molar-refractivity contribution in [3.05, 3.63) is 51.1 Å². The van der Waals surface area contributed by atoms with Crippen LogP contribution in [0.15, 0.2) is 23.0 Å². The molecule has 170 valence electrons. The van der Waals surface area contributed by atoms with Crippen LogP contribution in [-0.2, 0) is 11.3 Å². The van der Waals surface area contributed by atoms with Crippen LogP contribution in [0, 0.1) is 19.8 Å². The molecule has 1 aromatic carbocycles. The maximum atomic E-state index is 13.4. The van der Waals surface area contributed by atoms with Gasteiger partial charge in [-0.25, -0.2) is 4.68 Å². The first-order valence-electron chi connectivity index (χ1n) is 11.8. The minimum Gasteiger partial charge on any atom is -0.376 e. The van der Waals surface area contributed by atoms with Gasteiger partial charge in [0, 0.05) is 18.7 Å². The Labute approximate surface area is 188 Å². The Morgan fingerprint density at radius 2 is 2.12 bits per heavy atom. The monoisotopic (exact) mass is 436 g/mol. The van der Waals surface area contributed by atoms with E-state index in [0.29, 0.717) is 18.0 Å². The van der Waals surface area contributed by atoms with Gasteiger partial charge in [0.25, 0.3) is 5.56 Å². The number of hydrogen-bond donors (Lipinski definition) is 1. The Morgan fingerprint density at radius 3 is 2.91 bits per heavy atom. The number of ether oxygens (including phenoxy) is 1. The minimum absolute atomic E-state index is 0.0684. The quantitative estimate of drug-likeness (QED) is 0.661. The third-order valence-corrected chi connectivity index (χ3v) is 7.13. The molecule has 2 aromatic heterocycles. The van der Waals surface area contributed by atoms with Gasteiger partial charge in [-0.1, -0.05) is 19.1 Å². The van der Waals surface area contributed by atoms with Crippen LogP contribution in [-0.4, -0.2) is 55.9 Å². The van der Waals surface area contributed by atoms with E-state index < -0.39 is 0 Å². The lowest BCUT2D eigenvalue weighted by Gasteiger charge is -2.36. The second-order valence-electron chi connectivity index (χ2n) is 9.52.